The van der Waals surface area contributed by atoms with E-state index in [-0.39, 0.29) is 5.92 Å². The smallest absolute Gasteiger partial charge is 0.295 e. The third-order valence-electron chi connectivity index (χ3n) is 4.21. The maximum atomic E-state index is 5.78. The van der Waals surface area contributed by atoms with Crippen LogP contribution in [0.4, 0.5) is 0 Å². The summed E-state index contributed by atoms with van der Waals surface area (Å²) in [5, 5.41) is 4.18. The molecular formula is C18H19N3O3. The molecule has 0 amide bonds. The minimum absolute atomic E-state index is 0.0748. The van der Waals surface area contributed by atoms with Crippen LogP contribution in [0.25, 0.3) is 11.7 Å². The number of rotatable bonds is 4. The molecule has 3 heterocycles. The minimum Gasteiger partial charge on any atom is -0.493 e. The van der Waals surface area contributed by atoms with Crippen molar-refractivity contribution in [2.45, 2.75) is 39.0 Å². The topological polar surface area (TPSA) is 74.2 Å². The van der Waals surface area contributed by atoms with Crippen LogP contribution >= 0.6 is 0 Å². The van der Waals surface area contributed by atoms with Crippen LogP contribution in [0.15, 0.2) is 33.2 Å². The van der Waals surface area contributed by atoms with Crippen molar-refractivity contribution in [1.82, 2.24) is 15.1 Å². The number of oxazole rings is 1. The molecule has 1 atom stereocenters. The molecule has 4 rings (SSSR count). The zero-order valence-electron chi connectivity index (χ0n) is 13.8. The van der Waals surface area contributed by atoms with Gasteiger partial charge in [0.1, 0.15) is 5.75 Å². The SMILES string of the molecule is CCCc1nc(C)c(-c2nc(C3CCOc4ccccc43)no2)o1. The lowest BCUT2D eigenvalue weighted by molar-refractivity contribution is 0.272. The summed E-state index contributed by atoms with van der Waals surface area (Å²) < 4.78 is 16.9. The molecule has 3 aromatic rings. The first-order valence-electron chi connectivity index (χ1n) is 8.28. The Hall–Kier alpha value is -2.63. The third-order valence-corrected chi connectivity index (χ3v) is 4.21. The van der Waals surface area contributed by atoms with Gasteiger partial charge in [-0.15, -0.1) is 0 Å². The molecular weight excluding hydrogens is 306 g/mol. The Kier molecular flexibility index (Phi) is 3.80. The Balaban J connectivity index is 1.67. The highest BCUT2D eigenvalue weighted by molar-refractivity contribution is 5.48. The van der Waals surface area contributed by atoms with Gasteiger partial charge in [-0.05, 0) is 25.8 Å². The molecule has 6 heteroatoms. The first kappa shape index (κ1) is 14.9. The Bertz CT molecular complexity index is 853. The van der Waals surface area contributed by atoms with E-state index in [1.807, 2.05) is 31.2 Å². The number of hydrogen-bond donors (Lipinski definition) is 0. The quantitative estimate of drug-likeness (QED) is 0.724. The first-order valence-corrected chi connectivity index (χ1v) is 8.28. The van der Waals surface area contributed by atoms with Crippen molar-refractivity contribution in [2.24, 2.45) is 0 Å². The molecule has 0 saturated carbocycles. The maximum absolute atomic E-state index is 5.78. The Morgan fingerprint density at radius 1 is 1.21 bits per heavy atom. The Morgan fingerprint density at radius 3 is 2.96 bits per heavy atom. The summed E-state index contributed by atoms with van der Waals surface area (Å²) in [7, 11) is 0. The van der Waals surface area contributed by atoms with Gasteiger partial charge in [-0.25, -0.2) is 4.98 Å². The Morgan fingerprint density at radius 2 is 2.08 bits per heavy atom. The number of fused-ring (bicyclic) bond motifs is 1. The van der Waals surface area contributed by atoms with E-state index in [0.29, 0.717) is 30.0 Å². The molecule has 2 aromatic heterocycles. The summed E-state index contributed by atoms with van der Waals surface area (Å²) in [4.78, 5) is 8.99. The van der Waals surface area contributed by atoms with Gasteiger partial charge in [0.15, 0.2) is 11.7 Å². The molecule has 0 aliphatic carbocycles. The first-order chi connectivity index (χ1) is 11.8. The highest BCUT2D eigenvalue weighted by Crippen LogP contribution is 2.37. The van der Waals surface area contributed by atoms with Gasteiger partial charge in [0.25, 0.3) is 5.89 Å². The van der Waals surface area contributed by atoms with Gasteiger partial charge >= 0.3 is 0 Å². The van der Waals surface area contributed by atoms with E-state index in [9.17, 15) is 0 Å². The fraction of sp³-hybridized carbons (Fsp3) is 0.389. The molecule has 0 radical (unpaired) electrons. The number of aromatic nitrogens is 3. The normalized spacial score (nSPS) is 16.7. The van der Waals surface area contributed by atoms with Gasteiger partial charge in [-0.2, -0.15) is 4.98 Å². The predicted octanol–water partition coefficient (Wildman–Crippen LogP) is 3.90. The molecule has 0 spiro atoms. The number of nitrogens with zero attached hydrogens (tertiary/aromatic N) is 3. The average molecular weight is 325 g/mol. The van der Waals surface area contributed by atoms with Crippen molar-refractivity contribution in [3.8, 4) is 17.4 Å². The van der Waals surface area contributed by atoms with Gasteiger partial charge in [0.05, 0.1) is 18.2 Å². The van der Waals surface area contributed by atoms with Crippen molar-refractivity contribution in [3.63, 3.8) is 0 Å². The second-order valence-electron chi connectivity index (χ2n) is 5.96. The second-order valence-corrected chi connectivity index (χ2v) is 5.96. The fourth-order valence-electron chi connectivity index (χ4n) is 3.05. The van der Waals surface area contributed by atoms with Crippen LogP contribution < -0.4 is 4.74 Å². The predicted molar refractivity (Wildman–Crippen MR) is 86.9 cm³/mol. The molecule has 1 aliphatic rings. The van der Waals surface area contributed by atoms with Crippen LogP contribution in [0.3, 0.4) is 0 Å². The van der Waals surface area contributed by atoms with Crippen LogP contribution in [0, 0.1) is 6.92 Å². The molecule has 0 N–H and O–H groups in total. The molecule has 0 bridgehead atoms. The van der Waals surface area contributed by atoms with E-state index in [0.717, 1.165) is 36.3 Å². The van der Waals surface area contributed by atoms with Gasteiger partial charge in [-0.1, -0.05) is 30.3 Å². The summed E-state index contributed by atoms with van der Waals surface area (Å²) in [5.74, 6) is 3.29. The maximum Gasteiger partial charge on any atom is 0.295 e. The molecule has 1 aromatic carbocycles. The minimum atomic E-state index is 0.0748. The molecule has 1 unspecified atom stereocenters. The standard InChI is InChI=1S/C18H19N3O3/c1-3-6-15-19-11(2)16(23-15)18-20-17(21-24-18)13-9-10-22-14-8-5-4-7-12(13)14/h4-5,7-8,13H,3,6,9-10H2,1-2H3. The molecule has 0 saturated heterocycles. The Labute approximate surface area is 139 Å². The number of benzene rings is 1. The van der Waals surface area contributed by atoms with Crippen molar-refractivity contribution >= 4 is 0 Å². The third kappa shape index (κ3) is 2.58. The van der Waals surface area contributed by atoms with Crippen LogP contribution in [0.5, 0.6) is 5.75 Å². The summed E-state index contributed by atoms with van der Waals surface area (Å²) >= 11 is 0. The lowest BCUT2D eigenvalue weighted by Gasteiger charge is -2.23. The van der Waals surface area contributed by atoms with Crippen molar-refractivity contribution in [2.75, 3.05) is 6.61 Å². The summed E-state index contributed by atoms with van der Waals surface area (Å²) in [6, 6.07) is 7.99. The van der Waals surface area contributed by atoms with E-state index < -0.39 is 0 Å². The molecule has 124 valence electrons. The van der Waals surface area contributed by atoms with Crippen molar-refractivity contribution < 1.29 is 13.7 Å². The van der Waals surface area contributed by atoms with Crippen LogP contribution in [0.1, 0.15) is 48.7 Å². The lowest BCUT2D eigenvalue weighted by atomic mass is 9.92. The van der Waals surface area contributed by atoms with Gasteiger partial charge < -0.3 is 13.7 Å². The summed E-state index contributed by atoms with van der Waals surface area (Å²) in [6.07, 6.45) is 2.61. The number of para-hydroxylation sites is 1. The second kappa shape index (κ2) is 6.11. The molecule has 6 nitrogen and oxygen atoms in total. The zero-order valence-corrected chi connectivity index (χ0v) is 13.8. The van der Waals surface area contributed by atoms with Crippen LogP contribution in [-0.4, -0.2) is 21.7 Å². The summed E-state index contributed by atoms with van der Waals surface area (Å²) in [6.45, 7) is 4.63. The highest BCUT2D eigenvalue weighted by atomic mass is 16.5. The van der Waals surface area contributed by atoms with Gasteiger partial charge in [0, 0.05) is 12.0 Å². The van der Waals surface area contributed by atoms with Gasteiger partial charge in [0.2, 0.25) is 5.76 Å². The van der Waals surface area contributed by atoms with E-state index in [4.69, 9.17) is 13.7 Å². The molecule has 24 heavy (non-hydrogen) atoms. The van der Waals surface area contributed by atoms with E-state index >= 15 is 0 Å². The van der Waals surface area contributed by atoms with Crippen LogP contribution in [-0.2, 0) is 6.42 Å². The number of hydrogen-bond acceptors (Lipinski definition) is 6. The van der Waals surface area contributed by atoms with Crippen molar-refractivity contribution in [3.05, 3.63) is 47.2 Å². The molecule has 0 fully saturated rings. The molecule has 1 aliphatic heterocycles. The fourth-order valence-corrected chi connectivity index (χ4v) is 3.05. The number of ether oxygens (including phenoxy) is 1. The monoisotopic (exact) mass is 325 g/mol. The van der Waals surface area contributed by atoms with E-state index in [1.165, 1.54) is 0 Å². The van der Waals surface area contributed by atoms with Crippen molar-refractivity contribution in [1.29, 1.82) is 0 Å². The van der Waals surface area contributed by atoms with E-state index in [1.54, 1.807) is 0 Å². The lowest BCUT2D eigenvalue weighted by Crippen LogP contribution is -2.16. The van der Waals surface area contributed by atoms with Gasteiger partial charge in [-0.3, -0.25) is 0 Å². The summed E-state index contributed by atoms with van der Waals surface area (Å²) in [5.41, 5.74) is 1.87. The largest absolute Gasteiger partial charge is 0.493 e. The number of aryl methyl sites for hydroxylation is 2. The zero-order chi connectivity index (χ0) is 16.5. The van der Waals surface area contributed by atoms with Crippen LogP contribution in [0.2, 0.25) is 0 Å². The highest BCUT2D eigenvalue weighted by Gasteiger charge is 2.28. The van der Waals surface area contributed by atoms with E-state index in [2.05, 4.69) is 22.0 Å². The average Bonchev–Trinajstić information content (AvgIpc) is 3.21.